The molecule has 0 radical (unpaired) electrons. The molecular weight excluding hydrogens is 495 g/mol. The van der Waals surface area contributed by atoms with Crippen LogP contribution in [0.4, 0.5) is 10.2 Å². The highest BCUT2D eigenvalue weighted by Crippen LogP contribution is 2.35. The van der Waals surface area contributed by atoms with Crippen LogP contribution in [0.5, 0.6) is 0 Å². The van der Waals surface area contributed by atoms with Crippen molar-refractivity contribution in [2.45, 2.75) is 64.8 Å². The van der Waals surface area contributed by atoms with E-state index in [1.807, 2.05) is 55.6 Å². The molecule has 1 saturated heterocycles. The number of nitrogens with zero attached hydrogens (tertiary/aromatic N) is 3. The molecule has 1 aromatic rings. The van der Waals surface area contributed by atoms with Gasteiger partial charge in [0.2, 0.25) is 0 Å². The third-order valence-electron chi connectivity index (χ3n) is 7.17. The molecule has 5 heteroatoms. The van der Waals surface area contributed by atoms with Crippen molar-refractivity contribution in [3.05, 3.63) is 122 Å². The summed E-state index contributed by atoms with van der Waals surface area (Å²) in [6, 6.07) is 5.95. The lowest BCUT2D eigenvalue weighted by Gasteiger charge is -2.33. The Morgan fingerprint density at radius 1 is 1.20 bits per heavy atom. The van der Waals surface area contributed by atoms with Crippen LogP contribution in [-0.4, -0.2) is 35.1 Å². The van der Waals surface area contributed by atoms with Crippen molar-refractivity contribution >= 4 is 5.82 Å². The Labute approximate surface area is 242 Å². The van der Waals surface area contributed by atoms with E-state index in [9.17, 15) is 4.39 Å². The number of hydrazine groups is 1. The van der Waals surface area contributed by atoms with Crippen LogP contribution in [0, 0.1) is 5.92 Å². The van der Waals surface area contributed by atoms with Gasteiger partial charge in [-0.3, -0.25) is 5.01 Å². The standard InChI is InChI=1S/C30H41FN4.C5H8/c1-6-11-27(31)14-9-13-25(4)30(5)23-28(35(33-30)29-15-7-8-18-32-29)22-26-16-20-34(21-17-26)19-10-12-24(2)3;1-3-5-4-2/h6-9,11,13,15,18,23,26,33H,1-2,4,10,12,14,16-17,19-22H2,3,5H3;3-5H,1H2,2H3/b13-9-,27-11+;5-4-. The lowest BCUT2D eigenvalue weighted by Crippen LogP contribution is -2.46. The van der Waals surface area contributed by atoms with Crippen molar-refractivity contribution in [2.24, 2.45) is 5.92 Å². The van der Waals surface area contributed by atoms with Gasteiger partial charge in [0.05, 0.1) is 5.54 Å². The van der Waals surface area contributed by atoms with Crippen LogP contribution in [0.2, 0.25) is 0 Å². The van der Waals surface area contributed by atoms with Crippen molar-refractivity contribution < 1.29 is 4.39 Å². The minimum absolute atomic E-state index is 0.217. The zero-order valence-corrected chi connectivity index (χ0v) is 24.9. The van der Waals surface area contributed by atoms with E-state index >= 15 is 0 Å². The maximum atomic E-state index is 13.7. The number of pyridine rings is 1. The Kier molecular flexibility index (Phi) is 14.3. The first-order chi connectivity index (χ1) is 19.2. The van der Waals surface area contributed by atoms with Crippen LogP contribution in [-0.2, 0) is 0 Å². The smallest absolute Gasteiger partial charge is 0.147 e. The van der Waals surface area contributed by atoms with Crippen LogP contribution in [0.3, 0.4) is 0 Å². The molecule has 0 amide bonds. The van der Waals surface area contributed by atoms with E-state index in [4.69, 9.17) is 0 Å². The highest BCUT2D eigenvalue weighted by Gasteiger charge is 2.36. The first-order valence-electron chi connectivity index (χ1n) is 14.4. The number of piperidine rings is 1. The molecule has 1 unspecified atom stereocenters. The molecule has 0 bridgehead atoms. The lowest BCUT2D eigenvalue weighted by molar-refractivity contribution is 0.182. The second-order valence-electron chi connectivity index (χ2n) is 10.8. The van der Waals surface area contributed by atoms with Crippen molar-refractivity contribution in [2.75, 3.05) is 24.6 Å². The van der Waals surface area contributed by atoms with Gasteiger partial charge in [0.15, 0.2) is 0 Å². The summed E-state index contributed by atoms with van der Waals surface area (Å²) >= 11 is 0. The largest absolute Gasteiger partial charge is 0.303 e. The highest BCUT2D eigenvalue weighted by molar-refractivity contribution is 5.52. The Balaban J connectivity index is 0.00000103. The summed E-state index contributed by atoms with van der Waals surface area (Å²) in [6.45, 7) is 25.0. The third kappa shape index (κ3) is 11.1. The molecule has 0 saturated carbocycles. The second-order valence-corrected chi connectivity index (χ2v) is 10.8. The number of halogens is 1. The molecule has 4 nitrogen and oxygen atoms in total. The van der Waals surface area contributed by atoms with Gasteiger partial charge in [-0.15, -0.1) is 6.58 Å². The SMILES string of the molecule is C=C/C=C(/F)C/C=C\C(=C)C1(C)C=C(CC2CCN(CCCC(=C)C)CC2)N(c2ccccn2)N1.C=C/C=C\C. The van der Waals surface area contributed by atoms with Gasteiger partial charge in [0.25, 0.3) is 0 Å². The van der Waals surface area contributed by atoms with Crippen molar-refractivity contribution in [3.8, 4) is 0 Å². The van der Waals surface area contributed by atoms with Crippen molar-refractivity contribution in [1.82, 2.24) is 15.3 Å². The summed E-state index contributed by atoms with van der Waals surface area (Å²) in [6.07, 6.45) is 22.2. The maximum Gasteiger partial charge on any atom is 0.147 e. The number of aromatic nitrogens is 1. The van der Waals surface area contributed by atoms with Gasteiger partial charge < -0.3 is 4.90 Å². The summed E-state index contributed by atoms with van der Waals surface area (Å²) in [4.78, 5) is 7.18. The van der Waals surface area contributed by atoms with E-state index in [1.54, 1.807) is 6.08 Å². The molecule has 0 aliphatic carbocycles. The van der Waals surface area contributed by atoms with Gasteiger partial charge in [0, 0.05) is 18.3 Å². The van der Waals surface area contributed by atoms with Crippen LogP contribution in [0.25, 0.3) is 0 Å². The molecule has 1 atom stereocenters. The Morgan fingerprint density at radius 3 is 2.52 bits per heavy atom. The highest BCUT2D eigenvalue weighted by atomic mass is 19.1. The quantitative estimate of drug-likeness (QED) is 0.199. The molecule has 2 aliphatic rings. The molecule has 0 aromatic carbocycles. The normalized spacial score (nSPS) is 20.4. The van der Waals surface area contributed by atoms with Gasteiger partial charge in [-0.1, -0.05) is 67.8 Å². The topological polar surface area (TPSA) is 31.4 Å². The van der Waals surface area contributed by atoms with E-state index in [1.165, 1.54) is 42.7 Å². The number of rotatable bonds is 13. The Morgan fingerprint density at radius 2 is 1.95 bits per heavy atom. The van der Waals surface area contributed by atoms with E-state index in [2.05, 4.69) is 66.6 Å². The fraction of sp³-hybridized carbons (Fsp3) is 0.400. The lowest BCUT2D eigenvalue weighted by atomic mass is 9.89. The fourth-order valence-corrected chi connectivity index (χ4v) is 4.87. The van der Waals surface area contributed by atoms with Gasteiger partial charge in [-0.25, -0.2) is 14.8 Å². The van der Waals surface area contributed by atoms with E-state index in [0.717, 1.165) is 43.9 Å². The second kappa shape index (κ2) is 17.4. The molecule has 40 heavy (non-hydrogen) atoms. The van der Waals surface area contributed by atoms with E-state index in [0.29, 0.717) is 5.92 Å². The first kappa shape index (κ1) is 32.9. The molecule has 1 aromatic heterocycles. The zero-order chi connectivity index (χ0) is 29.4. The molecular formula is C35H49FN4. The summed E-state index contributed by atoms with van der Waals surface area (Å²) in [7, 11) is 0. The summed E-state index contributed by atoms with van der Waals surface area (Å²) in [5.41, 5.74) is 6.53. The minimum atomic E-state index is -0.467. The number of allylic oxidation sites excluding steroid dienone is 9. The third-order valence-corrected chi connectivity index (χ3v) is 7.17. The average Bonchev–Trinajstić information content (AvgIpc) is 3.28. The zero-order valence-electron chi connectivity index (χ0n) is 24.9. The molecule has 216 valence electrons. The maximum absolute atomic E-state index is 13.7. The van der Waals surface area contributed by atoms with Gasteiger partial charge in [-0.2, -0.15) is 0 Å². The van der Waals surface area contributed by atoms with Crippen molar-refractivity contribution in [3.63, 3.8) is 0 Å². The average molecular weight is 545 g/mol. The first-order valence-corrected chi connectivity index (χ1v) is 14.4. The molecule has 2 aliphatic heterocycles. The van der Waals surface area contributed by atoms with Crippen LogP contribution in [0.1, 0.15) is 59.3 Å². The molecule has 0 spiro atoms. The number of nitrogens with one attached hydrogen (secondary N) is 1. The van der Waals surface area contributed by atoms with E-state index in [-0.39, 0.29) is 12.2 Å². The summed E-state index contributed by atoms with van der Waals surface area (Å²) < 4.78 is 13.7. The van der Waals surface area contributed by atoms with Gasteiger partial charge in [0.1, 0.15) is 11.6 Å². The summed E-state index contributed by atoms with van der Waals surface area (Å²) in [5, 5.41) is 2.11. The van der Waals surface area contributed by atoms with Crippen LogP contribution < -0.4 is 10.4 Å². The molecule has 1 fully saturated rings. The fourth-order valence-electron chi connectivity index (χ4n) is 4.87. The monoisotopic (exact) mass is 544 g/mol. The van der Waals surface area contributed by atoms with Crippen LogP contribution >= 0.6 is 0 Å². The van der Waals surface area contributed by atoms with Gasteiger partial charge in [-0.05, 0) is 108 Å². The molecule has 1 N–H and O–H groups in total. The van der Waals surface area contributed by atoms with Crippen molar-refractivity contribution in [1.29, 1.82) is 0 Å². The number of hydrogen-bond acceptors (Lipinski definition) is 4. The van der Waals surface area contributed by atoms with Gasteiger partial charge >= 0.3 is 0 Å². The summed E-state index contributed by atoms with van der Waals surface area (Å²) in [5.74, 6) is 1.29. The number of likely N-dealkylation sites (tertiary alicyclic amines) is 1. The number of hydrogen-bond donors (Lipinski definition) is 1. The molecule has 3 rings (SSSR count). The predicted molar refractivity (Wildman–Crippen MR) is 171 cm³/mol. The predicted octanol–water partition coefficient (Wildman–Crippen LogP) is 8.80. The Hall–Kier alpha value is -3.28. The molecule has 3 heterocycles. The number of anilines is 1. The van der Waals surface area contributed by atoms with E-state index < -0.39 is 5.54 Å². The Bertz CT molecular complexity index is 1090. The minimum Gasteiger partial charge on any atom is -0.303 e. The van der Waals surface area contributed by atoms with Crippen LogP contribution in [0.15, 0.2) is 122 Å².